The van der Waals surface area contributed by atoms with E-state index in [-0.39, 0.29) is 24.4 Å². The highest BCUT2D eigenvalue weighted by Gasteiger charge is 2.32. The molecule has 2 aliphatic rings. The monoisotopic (exact) mass is 685 g/mol. The molecule has 1 saturated heterocycles. The highest BCUT2D eigenvalue weighted by molar-refractivity contribution is 5.67. The molecule has 15 heteroatoms. The summed E-state index contributed by atoms with van der Waals surface area (Å²) in [6, 6.07) is 8.38. The van der Waals surface area contributed by atoms with Crippen LogP contribution in [0.2, 0.25) is 0 Å². The lowest BCUT2D eigenvalue weighted by atomic mass is 9.89. The zero-order chi connectivity index (χ0) is 35.3. The van der Waals surface area contributed by atoms with Gasteiger partial charge >= 0.3 is 0 Å². The number of hydrogen-bond acceptors (Lipinski definition) is 13. The Kier molecular flexibility index (Phi) is 10.9. The second kappa shape index (κ2) is 15.5. The molecule has 0 bridgehead atoms. The number of nitrogens with one attached hydrogen (secondary N) is 1. The van der Waals surface area contributed by atoms with Gasteiger partial charge in [0, 0.05) is 43.5 Å². The van der Waals surface area contributed by atoms with E-state index in [1.165, 1.54) is 6.33 Å². The minimum Gasteiger partial charge on any atom is -0.487 e. The first-order chi connectivity index (χ1) is 24.0. The van der Waals surface area contributed by atoms with Gasteiger partial charge < -0.3 is 24.6 Å². The third-order valence-electron chi connectivity index (χ3n) is 9.15. The lowest BCUT2D eigenvalue weighted by molar-refractivity contribution is -0.0852. The number of nitriles is 1. The summed E-state index contributed by atoms with van der Waals surface area (Å²) in [6.07, 6.45) is 11.9. The molecule has 3 atom stereocenters. The Morgan fingerprint density at radius 3 is 2.46 bits per heavy atom. The van der Waals surface area contributed by atoms with Crippen molar-refractivity contribution in [2.24, 2.45) is 0 Å². The van der Waals surface area contributed by atoms with Gasteiger partial charge in [0.2, 0.25) is 5.95 Å². The SMILES string of the molecule is CC(Cn1cnnn1)Oc1cc(-c2cnc(Nc3cn(C4CCC(N5C[C@@H](C)O[C@@H](C)C5)CC4)nc3OCCC(C)(C)O)nc2)ccc1C#N. The maximum absolute atomic E-state index is 10.3. The van der Waals surface area contributed by atoms with Gasteiger partial charge in [-0.05, 0) is 88.4 Å². The fourth-order valence-corrected chi connectivity index (χ4v) is 6.69. The first kappa shape index (κ1) is 35.2. The van der Waals surface area contributed by atoms with Gasteiger partial charge in [-0.3, -0.25) is 9.58 Å². The first-order valence-electron chi connectivity index (χ1n) is 17.4. The Morgan fingerprint density at radius 2 is 1.80 bits per heavy atom. The Hall–Kier alpha value is -4.65. The standard InChI is InChI=1S/C35H47N11O4/c1-23-18-44(19-24(2)49-23)29-8-10-30(11-9-29)46-21-31(33(41-46)48-13-12-35(4,5)47)40-34-37-16-28(17-38-34)26-6-7-27(15-36)32(14-26)50-25(3)20-45-22-39-42-43-45/h6-7,14,16-17,21-25,29-30,47H,8-13,18-20H2,1-5H3,(H,37,38,40)/t23-,24+,25?,29?,30?. The maximum atomic E-state index is 10.3. The van der Waals surface area contributed by atoms with Gasteiger partial charge in [-0.15, -0.1) is 10.2 Å². The molecule has 15 nitrogen and oxygen atoms in total. The van der Waals surface area contributed by atoms with E-state index >= 15 is 0 Å². The van der Waals surface area contributed by atoms with Crippen LogP contribution in [0.15, 0.2) is 43.1 Å². The quantitative estimate of drug-likeness (QED) is 0.201. The fourth-order valence-electron chi connectivity index (χ4n) is 6.69. The number of tetrazole rings is 1. The minimum atomic E-state index is -0.856. The largest absolute Gasteiger partial charge is 0.487 e. The number of nitrogens with zero attached hydrogens (tertiary/aromatic N) is 10. The first-order valence-corrected chi connectivity index (χ1v) is 17.4. The van der Waals surface area contributed by atoms with E-state index in [0.717, 1.165) is 49.9 Å². The lowest BCUT2D eigenvalue weighted by Crippen LogP contribution is -2.51. The van der Waals surface area contributed by atoms with E-state index in [9.17, 15) is 10.4 Å². The van der Waals surface area contributed by atoms with E-state index in [0.29, 0.717) is 54.4 Å². The summed E-state index contributed by atoms with van der Waals surface area (Å²) in [5, 5.41) is 39.3. The molecule has 50 heavy (non-hydrogen) atoms. The van der Waals surface area contributed by atoms with Crippen LogP contribution < -0.4 is 14.8 Å². The summed E-state index contributed by atoms with van der Waals surface area (Å²) < 4.78 is 21.7. The molecule has 2 fully saturated rings. The van der Waals surface area contributed by atoms with Crippen molar-refractivity contribution in [1.82, 2.24) is 44.9 Å². The molecule has 0 radical (unpaired) electrons. The molecule has 1 unspecified atom stereocenters. The Labute approximate surface area is 292 Å². The highest BCUT2D eigenvalue weighted by Crippen LogP contribution is 2.36. The molecule has 266 valence electrons. The van der Waals surface area contributed by atoms with Crippen molar-refractivity contribution in [1.29, 1.82) is 5.26 Å². The van der Waals surface area contributed by atoms with Crippen LogP contribution in [-0.4, -0.2) is 99.6 Å². The van der Waals surface area contributed by atoms with Gasteiger partial charge in [-0.1, -0.05) is 6.07 Å². The third-order valence-corrected chi connectivity index (χ3v) is 9.15. The molecule has 0 spiro atoms. The summed E-state index contributed by atoms with van der Waals surface area (Å²) in [6.45, 7) is 12.4. The summed E-state index contributed by atoms with van der Waals surface area (Å²) >= 11 is 0. The van der Waals surface area contributed by atoms with Gasteiger partial charge in [0.1, 0.15) is 29.9 Å². The molecule has 2 N–H and O–H groups in total. The predicted molar refractivity (Wildman–Crippen MR) is 185 cm³/mol. The molecule has 3 aromatic heterocycles. The zero-order valence-electron chi connectivity index (χ0n) is 29.4. The summed E-state index contributed by atoms with van der Waals surface area (Å²) in [4.78, 5) is 11.8. The van der Waals surface area contributed by atoms with Crippen LogP contribution in [0.25, 0.3) is 11.1 Å². The second-order valence-corrected chi connectivity index (χ2v) is 14.1. The van der Waals surface area contributed by atoms with Crippen LogP contribution in [-0.2, 0) is 11.3 Å². The second-order valence-electron chi connectivity index (χ2n) is 14.1. The van der Waals surface area contributed by atoms with Crippen LogP contribution in [0.1, 0.15) is 78.3 Å². The van der Waals surface area contributed by atoms with E-state index in [2.05, 4.69) is 55.6 Å². The van der Waals surface area contributed by atoms with Crippen molar-refractivity contribution in [3.05, 3.63) is 48.7 Å². The van der Waals surface area contributed by atoms with Gasteiger partial charge in [0.15, 0.2) is 0 Å². The Balaban J connectivity index is 1.14. The lowest BCUT2D eigenvalue weighted by Gasteiger charge is -2.42. The van der Waals surface area contributed by atoms with Crippen molar-refractivity contribution in [3.63, 3.8) is 0 Å². The number of aromatic nitrogens is 8. The van der Waals surface area contributed by atoms with Gasteiger partial charge in [-0.25, -0.2) is 14.6 Å². The summed E-state index contributed by atoms with van der Waals surface area (Å²) in [5.74, 6) is 1.29. The van der Waals surface area contributed by atoms with E-state index in [1.807, 2.05) is 29.9 Å². The number of aliphatic hydroxyl groups is 1. The van der Waals surface area contributed by atoms with E-state index in [4.69, 9.17) is 19.3 Å². The summed E-state index contributed by atoms with van der Waals surface area (Å²) in [5.41, 5.74) is 1.79. The van der Waals surface area contributed by atoms with Crippen LogP contribution >= 0.6 is 0 Å². The van der Waals surface area contributed by atoms with Crippen molar-refractivity contribution in [3.8, 4) is 28.8 Å². The third kappa shape index (κ3) is 9.12. The van der Waals surface area contributed by atoms with Crippen molar-refractivity contribution in [2.45, 2.75) is 109 Å². The molecule has 1 aliphatic carbocycles. The van der Waals surface area contributed by atoms with E-state index in [1.54, 1.807) is 37.0 Å². The zero-order valence-corrected chi connectivity index (χ0v) is 29.4. The van der Waals surface area contributed by atoms with Crippen molar-refractivity contribution in [2.75, 3.05) is 25.0 Å². The molecular formula is C35H47N11O4. The molecule has 1 aliphatic heterocycles. The number of anilines is 2. The van der Waals surface area contributed by atoms with Gasteiger partial charge in [0.05, 0.1) is 48.8 Å². The van der Waals surface area contributed by atoms with Crippen LogP contribution in [0.4, 0.5) is 11.6 Å². The molecule has 0 amide bonds. The average molecular weight is 686 g/mol. The topological polar surface area (TPSA) is 174 Å². The van der Waals surface area contributed by atoms with Crippen LogP contribution in [0.5, 0.6) is 11.6 Å². The smallest absolute Gasteiger partial charge is 0.256 e. The van der Waals surface area contributed by atoms with Gasteiger partial charge in [-0.2, -0.15) is 5.26 Å². The molecule has 4 heterocycles. The maximum Gasteiger partial charge on any atom is 0.256 e. The molecule has 1 saturated carbocycles. The normalized spacial score (nSPS) is 22.1. The number of rotatable bonds is 13. The molecule has 1 aromatic carbocycles. The molecular weight excluding hydrogens is 638 g/mol. The Morgan fingerprint density at radius 1 is 1.08 bits per heavy atom. The van der Waals surface area contributed by atoms with Crippen LogP contribution in [0.3, 0.4) is 0 Å². The summed E-state index contributed by atoms with van der Waals surface area (Å²) in [7, 11) is 0. The number of hydrogen-bond donors (Lipinski definition) is 2. The number of morpholine rings is 1. The average Bonchev–Trinajstić information content (AvgIpc) is 3.74. The highest BCUT2D eigenvalue weighted by atomic mass is 16.5. The molecule has 6 rings (SSSR count). The Bertz CT molecular complexity index is 1710. The number of ether oxygens (including phenoxy) is 3. The minimum absolute atomic E-state index is 0.251. The number of benzene rings is 1. The van der Waals surface area contributed by atoms with E-state index < -0.39 is 5.60 Å². The predicted octanol–water partition coefficient (Wildman–Crippen LogP) is 4.54. The van der Waals surface area contributed by atoms with Crippen LogP contribution in [0, 0.1) is 11.3 Å². The van der Waals surface area contributed by atoms with Crippen molar-refractivity contribution < 1.29 is 19.3 Å². The molecule has 4 aromatic rings. The van der Waals surface area contributed by atoms with Crippen molar-refractivity contribution >= 4 is 11.6 Å². The van der Waals surface area contributed by atoms with Gasteiger partial charge in [0.25, 0.3) is 5.88 Å². The fraction of sp³-hybridized carbons (Fsp3) is 0.571.